The second-order valence-electron chi connectivity index (χ2n) is 6.20. The van der Waals surface area contributed by atoms with Gasteiger partial charge >= 0.3 is 0 Å². The van der Waals surface area contributed by atoms with Gasteiger partial charge in [-0.05, 0) is 64.0 Å². The van der Waals surface area contributed by atoms with Crippen LogP contribution in [0.4, 0.5) is 5.69 Å². The van der Waals surface area contributed by atoms with E-state index in [0.717, 1.165) is 15.8 Å². The van der Waals surface area contributed by atoms with Crippen LogP contribution in [0.2, 0.25) is 0 Å². The third kappa shape index (κ3) is 5.21. The summed E-state index contributed by atoms with van der Waals surface area (Å²) in [5, 5.41) is 2.79. The van der Waals surface area contributed by atoms with Crippen molar-refractivity contribution in [1.29, 1.82) is 0 Å². The molecule has 1 aliphatic heterocycles. The Hall–Kier alpha value is -2.64. The first-order valence-electron chi connectivity index (χ1n) is 8.86. The number of methoxy groups -OCH3 is 1. The van der Waals surface area contributed by atoms with E-state index >= 15 is 0 Å². The Bertz CT molecular complexity index is 874. The number of amides is 2. The number of rotatable bonds is 5. The molecule has 0 radical (unpaired) electrons. The highest BCUT2D eigenvalue weighted by Crippen LogP contribution is 2.26. The van der Waals surface area contributed by atoms with Crippen LogP contribution in [0.25, 0.3) is 6.08 Å². The average molecular weight is 445 g/mol. The van der Waals surface area contributed by atoms with Gasteiger partial charge in [-0.3, -0.25) is 9.59 Å². The van der Waals surface area contributed by atoms with Crippen LogP contribution >= 0.6 is 15.9 Å². The number of hydrogen-bond donors (Lipinski definition) is 1. The number of carbonyl (C=O) groups is 2. The topological polar surface area (TPSA) is 67.9 Å². The van der Waals surface area contributed by atoms with Gasteiger partial charge in [-0.25, -0.2) is 0 Å². The van der Waals surface area contributed by atoms with E-state index in [-0.39, 0.29) is 11.8 Å². The molecule has 6 nitrogen and oxygen atoms in total. The van der Waals surface area contributed by atoms with Gasteiger partial charge in [-0.1, -0.05) is 6.07 Å². The van der Waals surface area contributed by atoms with E-state index < -0.39 is 0 Å². The van der Waals surface area contributed by atoms with E-state index in [1.54, 1.807) is 42.4 Å². The van der Waals surface area contributed by atoms with Crippen LogP contribution in [0, 0.1) is 0 Å². The quantitative estimate of drug-likeness (QED) is 0.715. The molecule has 0 spiro atoms. The van der Waals surface area contributed by atoms with E-state index in [0.29, 0.717) is 37.6 Å². The van der Waals surface area contributed by atoms with E-state index in [4.69, 9.17) is 9.47 Å². The second-order valence-corrected chi connectivity index (χ2v) is 7.05. The van der Waals surface area contributed by atoms with Crippen LogP contribution in [-0.2, 0) is 9.53 Å². The zero-order valence-corrected chi connectivity index (χ0v) is 17.1. The van der Waals surface area contributed by atoms with Crippen molar-refractivity contribution >= 4 is 39.5 Å². The van der Waals surface area contributed by atoms with E-state index in [9.17, 15) is 9.59 Å². The first kappa shape index (κ1) is 20.1. The van der Waals surface area contributed by atoms with Crippen LogP contribution < -0.4 is 10.1 Å². The molecule has 28 heavy (non-hydrogen) atoms. The summed E-state index contributed by atoms with van der Waals surface area (Å²) in [6.07, 6.45) is 3.18. The Morgan fingerprint density at radius 1 is 1.14 bits per heavy atom. The largest absolute Gasteiger partial charge is 0.496 e. The van der Waals surface area contributed by atoms with E-state index in [1.807, 2.05) is 18.2 Å². The Labute approximate surface area is 172 Å². The number of nitrogens with one attached hydrogen (secondary N) is 1. The summed E-state index contributed by atoms with van der Waals surface area (Å²) < 4.78 is 11.3. The molecule has 1 heterocycles. The fourth-order valence-corrected chi connectivity index (χ4v) is 3.35. The number of nitrogens with zero attached hydrogens (tertiary/aromatic N) is 1. The fourth-order valence-electron chi connectivity index (χ4n) is 2.79. The van der Waals surface area contributed by atoms with Gasteiger partial charge in [0.15, 0.2) is 0 Å². The highest BCUT2D eigenvalue weighted by Gasteiger charge is 2.18. The molecule has 0 atom stereocenters. The molecule has 2 amide bonds. The zero-order chi connectivity index (χ0) is 19.9. The second kappa shape index (κ2) is 9.52. The van der Waals surface area contributed by atoms with Crippen LogP contribution in [0.5, 0.6) is 5.75 Å². The van der Waals surface area contributed by atoms with Crippen LogP contribution in [0.15, 0.2) is 53.0 Å². The molecule has 1 N–H and O–H groups in total. The normalized spacial score (nSPS) is 14.1. The summed E-state index contributed by atoms with van der Waals surface area (Å²) in [6.45, 7) is 2.33. The minimum absolute atomic E-state index is 0.0221. The highest BCUT2D eigenvalue weighted by atomic mass is 79.9. The molecule has 2 aromatic carbocycles. The zero-order valence-electron chi connectivity index (χ0n) is 15.5. The molecule has 0 saturated carbocycles. The highest BCUT2D eigenvalue weighted by molar-refractivity contribution is 9.10. The van der Waals surface area contributed by atoms with Crippen molar-refractivity contribution in [3.8, 4) is 5.75 Å². The Balaban J connectivity index is 1.58. The van der Waals surface area contributed by atoms with Gasteiger partial charge in [0.1, 0.15) is 5.75 Å². The minimum atomic E-state index is -0.251. The molecule has 1 fully saturated rings. The third-order valence-corrected chi connectivity index (χ3v) is 4.92. The number of ether oxygens (including phenoxy) is 2. The van der Waals surface area contributed by atoms with Crippen molar-refractivity contribution in [2.24, 2.45) is 0 Å². The standard InChI is InChI=1S/C21H21BrN2O4/c1-27-19-8-2-15(14-18(19)22)3-9-20(25)23-17-6-4-16(5-7-17)21(26)24-10-12-28-13-11-24/h2-9,14H,10-13H2,1H3,(H,23,25)/b9-3-. The molecule has 0 unspecified atom stereocenters. The van der Waals surface area contributed by atoms with Crippen molar-refractivity contribution < 1.29 is 19.1 Å². The minimum Gasteiger partial charge on any atom is -0.496 e. The molecule has 7 heteroatoms. The van der Waals surface area contributed by atoms with Crippen molar-refractivity contribution in [3.05, 3.63) is 64.1 Å². The first-order chi connectivity index (χ1) is 13.6. The van der Waals surface area contributed by atoms with Gasteiger partial charge in [-0.2, -0.15) is 0 Å². The number of morpholine rings is 1. The van der Waals surface area contributed by atoms with Gasteiger partial charge in [-0.15, -0.1) is 0 Å². The maximum atomic E-state index is 12.4. The molecule has 0 aliphatic carbocycles. The molecule has 1 saturated heterocycles. The SMILES string of the molecule is COc1ccc(/C=C\C(=O)Nc2ccc(C(=O)N3CCOCC3)cc2)cc1Br. The van der Waals surface area contributed by atoms with Crippen molar-refractivity contribution in [2.75, 3.05) is 38.7 Å². The number of carbonyl (C=O) groups excluding carboxylic acids is 2. The lowest BCUT2D eigenvalue weighted by atomic mass is 10.1. The molecule has 0 bridgehead atoms. The third-order valence-electron chi connectivity index (χ3n) is 4.30. The Morgan fingerprint density at radius 2 is 1.86 bits per heavy atom. The van der Waals surface area contributed by atoms with Gasteiger partial charge < -0.3 is 19.7 Å². The number of halogens is 1. The number of benzene rings is 2. The lowest BCUT2D eigenvalue weighted by molar-refractivity contribution is -0.111. The fraction of sp³-hybridized carbons (Fsp3) is 0.238. The van der Waals surface area contributed by atoms with Crippen molar-refractivity contribution in [3.63, 3.8) is 0 Å². The summed E-state index contributed by atoms with van der Waals surface area (Å²) in [5.74, 6) is 0.457. The summed E-state index contributed by atoms with van der Waals surface area (Å²) in [4.78, 5) is 26.3. The van der Waals surface area contributed by atoms with Gasteiger partial charge in [0.25, 0.3) is 5.91 Å². The van der Waals surface area contributed by atoms with E-state index in [2.05, 4.69) is 21.2 Å². The lowest BCUT2D eigenvalue weighted by Crippen LogP contribution is -2.40. The molecule has 1 aliphatic rings. The molecular weight excluding hydrogens is 424 g/mol. The molecule has 2 aromatic rings. The summed E-state index contributed by atoms with van der Waals surface area (Å²) in [6, 6.07) is 12.4. The summed E-state index contributed by atoms with van der Waals surface area (Å²) in [5.41, 5.74) is 2.09. The van der Waals surface area contributed by atoms with E-state index in [1.165, 1.54) is 6.08 Å². The van der Waals surface area contributed by atoms with Crippen molar-refractivity contribution in [2.45, 2.75) is 0 Å². The maximum absolute atomic E-state index is 12.4. The van der Waals surface area contributed by atoms with Crippen LogP contribution in [0.1, 0.15) is 15.9 Å². The Kier molecular flexibility index (Phi) is 6.84. The van der Waals surface area contributed by atoms with Crippen molar-refractivity contribution in [1.82, 2.24) is 4.90 Å². The number of hydrogen-bond acceptors (Lipinski definition) is 4. The van der Waals surface area contributed by atoms with Crippen LogP contribution in [-0.4, -0.2) is 50.1 Å². The molecule has 3 rings (SSSR count). The average Bonchev–Trinajstić information content (AvgIpc) is 2.73. The predicted molar refractivity (Wildman–Crippen MR) is 112 cm³/mol. The monoisotopic (exact) mass is 444 g/mol. The predicted octanol–water partition coefficient (Wildman–Crippen LogP) is 3.58. The molecule has 146 valence electrons. The molecular formula is C21H21BrN2O4. The first-order valence-corrected chi connectivity index (χ1v) is 9.66. The van der Waals surface area contributed by atoms with Gasteiger partial charge in [0.05, 0.1) is 24.8 Å². The summed E-state index contributed by atoms with van der Waals surface area (Å²) >= 11 is 3.42. The smallest absolute Gasteiger partial charge is 0.254 e. The number of anilines is 1. The van der Waals surface area contributed by atoms with Crippen LogP contribution in [0.3, 0.4) is 0 Å². The van der Waals surface area contributed by atoms with Gasteiger partial charge in [0, 0.05) is 30.4 Å². The van der Waals surface area contributed by atoms with Gasteiger partial charge in [0.2, 0.25) is 5.91 Å². The lowest BCUT2D eigenvalue weighted by Gasteiger charge is -2.26. The maximum Gasteiger partial charge on any atom is 0.254 e. The Morgan fingerprint density at radius 3 is 2.50 bits per heavy atom. The summed E-state index contributed by atoms with van der Waals surface area (Å²) in [7, 11) is 1.60. The molecule has 0 aromatic heterocycles.